The molecule has 80 valence electrons. The summed E-state index contributed by atoms with van der Waals surface area (Å²) >= 11 is 0. The molecule has 3 fully saturated rings. The van der Waals surface area contributed by atoms with Crippen molar-refractivity contribution in [1.29, 1.82) is 0 Å². The number of nitrogens with two attached hydrogens (primary N) is 2. The van der Waals surface area contributed by atoms with Gasteiger partial charge in [-0.3, -0.25) is 0 Å². The van der Waals surface area contributed by atoms with E-state index in [4.69, 9.17) is 11.5 Å². The van der Waals surface area contributed by atoms with Crippen LogP contribution in [0.25, 0.3) is 0 Å². The Morgan fingerprint density at radius 3 is 2.64 bits per heavy atom. The van der Waals surface area contributed by atoms with Crippen LogP contribution in [0.4, 0.5) is 0 Å². The monoisotopic (exact) mass is 194 g/mol. The summed E-state index contributed by atoms with van der Waals surface area (Å²) in [4.78, 5) is 0. The van der Waals surface area contributed by atoms with Gasteiger partial charge in [-0.15, -0.1) is 0 Å². The van der Waals surface area contributed by atoms with E-state index in [0.29, 0.717) is 6.04 Å². The molecule has 14 heavy (non-hydrogen) atoms. The van der Waals surface area contributed by atoms with Gasteiger partial charge in [-0.05, 0) is 68.2 Å². The first kappa shape index (κ1) is 9.17. The van der Waals surface area contributed by atoms with E-state index in [-0.39, 0.29) is 0 Å². The summed E-state index contributed by atoms with van der Waals surface area (Å²) in [5.41, 5.74) is 11.9. The first-order valence-corrected chi connectivity index (χ1v) is 6.27. The molecule has 6 unspecified atom stereocenters. The van der Waals surface area contributed by atoms with Crippen molar-refractivity contribution in [3.63, 3.8) is 0 Å². The zero-order valence-corrected chi connectivity index (χ0v) is 8.86. The molecule has 2 heteroatoms. The predicted octanol–water partition coefficient (Wildman–Crippen LogP) is 1.34. The van der Waals surface area contributed by atoms with Crippen LogP contribution in [-0.2, 0) is 0 Å². The third kappa shape index (κ3) is 1.10. The van der Waals surface area contributed by atoms with Crippen LogP contribution in [0.5, 0.6) is 0 Å². The first-order chi connectivity index (χ1) is 6.81. The molecule has 0 spiro atoms. The van der Waals surface area contributed by atoms with E-state index in [1.165, 1.54) is 32.1 Å². The molecule has 3 aliphatic rings. The lowest BCUT2D eigenvalue weighted by atomic mass is 9.77. The summed E-state index contributed by atoms with van der Waals surface area (Å²) in [6.45, 7) is 0.832. The van der Waals surface area contributed by atoms with Crippen LogP contribution < -0.4 is 11.5 Å². The van der Waals surface area contributed by atoms with Crippen LogP contribution in [0, 0.1) is 29.6 Å². The number of hydrogen-bond acceptors (Lipinski definition) is 2. The number of hydrogen-bond donors (Lipinski definition) is 2. The van der Waals surface area contributed by atoms with Gasteiger partial charge < -0.3 is 11.5 Å². The molecule has 0 heterocycles. The summed E-state index contributed by atoms with van der Waals surface area (Å²) < 4.78 is 0. The molecule has 3 saturated carbocycles. The molecule has 3 rings (SSSR count). The standard InChI is InChI=1S/C12H22N2/c13-4-3-9-11(14)6-10-7-1-2-8(5-7)12(9)10/h7-12H,1-6,13-14H2. The SMILES string of the molecule is NCCC1C(N)CC2C3CCC(C3)C12. The van der Waals surface area contributed by atoms with E-state index in [0.717, 1.165) is 36.1 Å². The molecule has 0 aromatic carbocycles. The highest BCUT2D eigenvalue weighted by molar-refractivity contribution is 5.06. The molecule has 3 aliphatic carbocycles. The van der Waals surface area contributed by atoms with E-state index in [9.17, 15) is 0 Å². The molecule has 4 N–H and O–H groups in total. The van der Waals surface area contributed by atoms with Gasteiger partial charge in [0.2, 0.25) is 0 Å². The maximum Gasteiger partial charge on any atom is 0.00733 e. The average Bonchev–Trinajstić information content (AvgIpc) is 2.79. The average molecular weight is 194 g/mol. The van der Waals surface area contributed by atoms with Gasteiger partial charge in [-0.2, -0.15) is 0 Å². The fourth-order valence-corrected chi connectivity index (χ4v) is 4.85. The summed E-state index contributed by atoms with van der Waals surface area (Å²) in [6.07, 6.45) is 6.97. The summed E-state index contributed by atoms with van der Waals surface area (Å²) in [5, 5.41) is 0. The van der Waals surface area contributed by atoms with Gasteiger partial charge in [-0.25, -0.2) is 0 Å². The number of fused-ring (bicyclic) bond motifs is 5. The van der Waals surface area contributed by atoms with Crippen LogP contribution in [-0.4, -0.2) is 12.6 Å². The molecular formula is C12H22N2. The normalized spacial score (nSPS) is 55.3. The van der Waals surface area contributed by atoms with Gasteiger partial charge in [0.25, 0.3) is 0 Å². The minimum absolute atomic E-state index is 0.469. The molecule has 0 amide bonds. The molecular weight excluding hydrogens is 172 g/mol. The highest BCUT2D eigenvalue weighted by Crippen LogP contribution is 2.60. The summed E-state index contributed by atoms with van der Waals surface area (Å²) in [7, 11) is 0. The molecule has 0 radical (unpaired) electrons. The number of rotatable bonds is 2. The Hall–Kier alpha value is -0.0800. The Morgan fingerprint density at radius 2 is 1.86 bits per heavy atom. The maximum absolute atomic E-state index is 6.25. The molecule has 2 nitrogen and oxygen atoms in total. The smallest absolute Gasteiger partial charge is 0.00733 e. The van der Waals surface area contributed by atoms with Crippen molar-refractivity contribution in [2.45, 2.75) is 38.1 Å². The van der Waals surface area contributed by atoms with Crippen LogP contribution >= 0.6 is 0 Å². The lowest BCUT2D eigenvalue weighted by Gasteiger charge is -2.29. The minimum Gasteiger partial charge on any atom is -0.330 e. The van der Waals surface area contributed by atoms with Crippen molar-refractivity contribution in [2.24, 2.45) is 41.1 Å². The van der Waals surface area contributed by atoms with Gasteiger partial charge in [0.05, 0.1) is 0 Å². The topological polar surface area (TPSA) is 52.0 Å². The molecule has 2 bridgehead atoms. The van der Waals surface area contributed by atoms with Crippen molar-refractivity contribution >= 4 is 0 Å². The Labute approximate surface area is 86.4 Å². The van der Waals surface area contributed by atoms with Gasteiger partial charge in [0.15, 0.2) is 0 Å². The highest BCUT2D eigenvalue weighted by Gasteiger charge is 2.55. The van der Waals surface area contributed by atoms with Gasteiger partial charge in [-0.1, -0.05) is 0 Å². The van der Waals surface area contributed by atoms with E-state index < -0.39 is 0 Å². The maximum atomic E-state index is 6.25. The van der Waals surface area contributed by atoms with Crippen molar-refractivity contribution < 1.29 is 0 Å². The predicted molar refractivity (Wildman–Crippen MR) is 57.6 cm³/mol. The van der Waals surface area contributed by atoms with E-state index >= 15 is 0 Å². The van der Waals surface area contributed by atoms with Crippen molar-refractivity contribution in [3.05, 3.63) is 0 Å². The molecule has 0 aliphatic heterocycles. The third-order valence-corrected chi connectivity index (χ3v) is 5.25. The van der Waals surface area contributed by atoms with Gasteiger partial charge in [0, 0.05) is 6.04 Å². The van der Waals surface area contributed by atoms with Crippen LogP contribution in [0.2, 0.25) is 0 Å². The Morgan fingerprint density at radius 1 is 1.07 bits per heavy atom. The molecule has 6 atom stereocenters. The van der Waals surface area contributed by atoms with Crippen LogP contribution in [0.3, 0.4) is 0 Å². The quantitative estimate of drug-likeness (QED) is 0.697. The molecule has 0 aromatic rings. The van der Waals surface area contributed by atoms with Gasteiger partial charge in [0.1, 0.15) is 0 Å². The van der Waals surface area contributed by atoms with E-state index in [1.807, 2.05) is 0 Å². The van der Waals surface area contributed by atoms with Crippen molar-refractivity contribution in [2.75, 3.05) is 6.54 Å². The van der Waals surface area contributed by atoms with Crippen LogP contribution in [0.15, 0.2) is 0 Å². The fourth-order valence-electron chi connectivity index (χ4n) is 4.85. The summed E-state index contributed by atoms with van der Waals surface area (Å²) in [5.74, 6) is 4.78. The molecule has 0 aromatic heterocycles. The largest absolute Gasteiger partial charge is 0.330 e. The molecule has 0 saturated heterocycles. The van der Waals surface area contributed by atoms with Crippen LogP contribution in [0.1, 0.15) is 32.1 Å². The Bertz CT molecular complexity index is 228. The Balaban J connectivity index is 1.80. The second-order valence-corrected chi connectivity index (χ2v) is 5.72. The third-order valence-electron chi connectivity index (χ3n) is 5.25. The second kappa shape index (κ2) is 3.21. The Kier molecular flexibility index (Phi) is 2.10. The minimum atomic E-state index is 0.469. The first-order valence-electron chi connectivity index (χ1n) is 6.27. The lowest BCUT2D eigenvalue weighted by molar-refractivity contribution is 0.203. The zero-order chi connectivity index (χ0) is 9.71. The van der Waals surface area contributed by atoms with E-state index in [2.05, 4.69) is 0 Å². The summed E-state index contributed by atoms with van der Waals surface area (Å²) in [6, 6.07) is 0.469. The van der Waals surface area contributed by atoms with E-state index in [1.54, 1.807) is 0 Å². The highest BCUT2D eigenvalue weighted by atomic mass is 14.7. The van der Waals surface area contributed by atoms with Gasteiger partial charge >= 0.3 is 0 Å². The second-order valence-electron chi connectivity index (χ2n) is 5.72. The van der Waals surface area contributed by atoms with Crippen molar-refractivity contribution in [1.82, 2.24) is 0 Å². The zero-order valence-electron chi connectivity index (χ0n) is 8.86. The fraction of sp³-hybridized carbons (Fsp3) is 1.00. The lowest BCUT2D eigenvalue weighted by Crippen LogP contribution is -2.31. The van der Waals surface area contributed by atoms with Crippen molar-refractivity contribution in [3.8, 4) is 0 Å².